The number of nitrogens with two attached hydrogens (primary N) is 1. The van der Waals surface area contributed by atoms with Crippen molar-refractivity contribution in [2.75, 3.05) is 12.4 Å². The Labute approximate surface area is 124 Å². The monoisotopic (exact) mass is 284 g/mol. The van der Waals surface area contributed by atoms with E-state index >= 15 is 0 Å². The molecule has 2 aromatic carbocycles. The molecule has 21 heavy (non-hydrogen) atoms. The summed E-state index contributed by atoms with van der Waals surface area (Å²) in [5.74, 6) is 0.499. The first-order valence-electron chi connectivity index (χ1n) is 6.87. The van der Waals surface area contributed by atoms with Crippen molar-refractivity contribution in [2.45, 2.75) is 19.4 Å². The summed E-state index contributed by atoms with van der Waals surface area (Å²) < 4.78 is 5.38. The molecule has 0 aliphatic heterocycles. The molecule has 0 saturated heterocycles. The lowest BCUT2D eigenvalue weighted by molar-refractivity contribution is -0.117. The number of hydrogen-bond acceptors (Lipinski definition) is 3. The van der Waals surface area contributed by atoms with Crippen LogP contribution < -0.4 is 15.8 Å². The van der Waals surface area contributed by atoms with Crippen LogP contribution in [-0.4, -0.2) is 13.0 Å². The molecule has 0 bridgehead atoms. The second-order valence-electron chi connectivity index (χ2n) is 4.91. The van der Waals surface area contributed by atoms with Crippen molar-refractivity contribution in [1.82, 2.24) is 0 Å². The summed E-state index contributed by atoms with van der Waals surface area (Å²) in [6, 6.07) is 15.6. The van der Waals surface area contributed by atoms with Gasteiger partial charge in [-0.15, -0.1) is 0 Å². The molecule has 2 aromatic rings. The summed E-state index contributed by atoms with van der Waals surface area (Å²) in [7, 11) is 1.66. The molecule has 0 fully saturated rings. The first-order chi connectivity index (χ1) is 10.1. The molecule has 0 spiro atoms. The van der Waals surface area contributed by atoms with Crippen molar-refractivity contribution in [3.05, 3.63) is 59.7 Å². The molecule has 4 nitrogen and oxygen atoms in total. The zero-order chi connectivity index (χ0) is 15.2. The number of rotatable bonds is 6. The molecular formula is C17H20N2O2. The highest BCUT2D eigenvalue weighted by Gasteiger charge is 2.12. The zero-order valence-electron chi connectivity index (χ0n) is 12.3. The van der Waals surface area contributed by atoms with Gasteiger partial charge in [0.1, 0.15) is 5.75 Å². The fourth-order valence-corrected chi connectivity index (χ4v) is 2.34. The topological polar surface area (TPSA) is 64.3 Å². The molecule has 0 radical (unpaired) electrons. The van der Waals surface area contributed by atoms with Crippen molar-refractivity contribution < 1.29 is 9.53 Å². The Balaban J connectivity index is 2.23. The number of nitrogens with one attached hydrogen (secondary N) is 1. The fraction of sp³-hybridized carbons (Fsp3) is 0.235. The molecule has 4 heteroatoms. The Hall–Kier alpha value is -2.49. The van der Waals surface area contributed by atoms with Gasteiger partial charge in [-0.1, -0.05) is 36.4 Å². The highest BCUT2D eigenvalue weighted by molar-refractivity contribution is 5.78. The van der Waals surface area contributed by atoms with E-state index in [1.807, 2.05) is 48.5 Å². The SMILES string of the molecule is COc1ccccc1C(C)Nc1ccccc1CC(N)=O. The summed E-state index contributed by atoms with van der Waals surface area (Å²) in [5.41, 5.74) is 8.16. The number of methoxy groups -OCH3 is 1. The van der Waals surface area contributed by atoms with Crippen molar-refractivity contribution >= 4 is 11.6 Å². The maximum atomic E-state index is 11.2. The van der Waals surface area contributed by atoms with E-state index in [2.05, 4.69) is 12.2 Å². The Morgan fingerprint density at radius 1 is 1.19 bits per heavy atom. The van der Waals surface area contributed by atoms with Gasteiger partial charge < -0.3 is 15.8 Å². The van der Waals surface area contributed by atoms with Gasteiger partial charge in [-0.2, -0.15) is 0 Å². The molecule has 110 valence electrons. The highest BCUT2D eigenvalue weighted by Crippen LogP contribution is 2.28. The summed E-state index contributed by atoms with van der Waals surface area (Å²) in [5, 5.41) is 3.42. The van der Waals surface area contributed by atoms with Gasteiger partial charge in [0.15, 0.2) is 0 Å². The molecule has 2 rings (SSSR count). The van der Waals surface area contributed by atoms with Gasteiger partial charge in [0.05, 0.1) is 19.6 Å². The van der Waals surface area contributed by atoms with Crippen LogP contribution in [0.2, 0.25) is 0 Å². The maximum Gasteiger partial charge on any atom is 0.221 e. The number of para-hydroxylation sites is 2. The molecule has 1 atom stereocenters. The molecule has 0 aliphatic carbocycles. The molecule has 0 heterocycles. The zero-order valence-corrected chi connectivity index (χ0v) is 12.3. The lowest BCUT2D eigenvalue weighted by atomic mass is 10.0. The predicted octanol–water partition coefficient (Wildman–Crippen LogP) is 2.90. The molecule has 0 aliphatic rings. The van der Waals surface area contributed by atoms with Crippen molar-refractivity contribution in [3.63, 3.8) is 0 Å². The molecule has 1 amide bonds. The number of amides is 1. The molecule has 0 aromatic heterocycles. The number of ether oxygens (including phenoxy) is 1. The van der Waals surface area contributed by atoms with Gasteiger partial charge in [0.2, 0.25) is 5.91 Å². The normalized spacial score (nSPS) is 11.7. The molecule has 3 N–H and O–H groups in total. The summed E-state index contributed by atoms with van der Waals surface area (Å²) >= 11 is 0. The lowest BCUT2D eigenvalue weighted by Crippen LogP contribution is -2.16. The van der Waals surface area contributed by atoms with Gasteiger partial charge in [0, 0.05) is 11.3 Å². The van der Waals surface area contributed by atoms with Crippen LogP contribution in [0.25, 0.3) is 0 Å². The van der Waals surface area contributed by atoms with Crippen LogP contribution in [0.15, 0.2) is 48.5 Å². The summed E-state index contributed by atoms with van der Waals surface area (Å²) in [6.45, 7) is 2.05. The Morgan fingerprint density at radius 3 is 2.57 bits per heavy atom. The van der Waals surface area contributed by atoms with Crippen LogP contribution in [0, 0.1) is 0 Å². The number of benzene rings is 2. The molecule has 0 saturated carbocycles. The fourth-order valence-electron chi connectivity index (χ4n) is 2.34. The van der Waals surface area contributed by atoms with Crippen molar-refractivity contribution in [2.24, 2.45) is 5.73 Å². The Kier molecular flexibility index (Phi) is 4.82. The third-order valence-electron chi connectivity index (χ3n) is 3.36. The van der Waals surface area contributed by atoms with E-state index < -0.39 is 0 Å². The van der Waals surface area contributed by atoms with Crippen LogP contribution in [0.4, 0.5) is 5.69 Å². The minimum atomic E-state index is -0.339. The number of carbonyl (C=O) groups excluding carboxylic acids is 1. The van der Waals surface area contributed by atoms with Gasteiger partial charge in [-0.25, -0.2) is 0 Å². The quantitative estimate of drug-likeness (QED) is 0.857. The van der Waals surface area contributed by atoms with Crippen LogP contribution in [0.1, 0.15) is 24.1 Å². The minimum Gasteiger partial charge on any atom is -0.496 e. The Morgan fingerprint density at radius 2 is 1.86 bits per heavy atom. The minimum absolute atomic E-state index is 0.0511. The van der Waals surface area contributed by atoms with Crippen LogP contribution in [0.5, 0.6) is 5.75 Å². The van der Waals surface area contributed by atoms with E-state index in [1.165, 1.54) is 0 Å². The first kappa shape index (κ1) is 14.9. The number of hydrogen-bond donors (Lipinski definition) is 2. The van der Waals surface area contributed by atoms with Gasteiger partial charge in [-0.3, -0.25) is 4.79 Å². The molecule has 1 unspecified atom stereocenters. The standard InChI is InChI=1S/C17H20N2O2/c1-12(14-8-4-6-10-16(14)21-2)19-15-9-5-3-7-13(15)11-17(18)20/h3-10,12,19H,11H2,1-2H3,(H2,18,20). The van der Waals surface area contributed by atoms with Crippen molar-refractivity contribution in [1.29, 1.82) is 0 Å². The number of primary amides is 1. The van der Waals surface area contributed by atoms with Gasteiger partial charge >= 0.3 is 0 Å². The second kappa shape index (κ2) is 6.79. The average Bonchev–Trinajstić information content (AvgIpc) is 2.48. The first-order valence-corrected chi connectivity index (χ1v) is 6.87. The smallest absolute Gasteiger partial charge is 0.221 e. The largest absolute Gasteiger partial charge is 0.496 e. The van der Waals surface area contributed by atoms with E-state index in [0.717, 1.165) is 22.6 Å². The third kappa shape index (κ3) is 3.75. The second-order valence-corrected chi connectivity index (χ2v) is 4.91. The highest BCUT2D eigenvalue weighted by atomic mass is 16.5. The Bertz CT molecular complexity index is 626. The van der Waals surface area contributed by atoms with Gasteiger partial charge in [-0.05, 0) is 24.6 Å². The van der Waals surface area contributed by atoms with E-state index in [4.69, 9.17) is 10.5 Å². The van der Waals surface area contributed by atoms with E-state index in [1.54, 1.807) is 7.11 Å². The summed E-state index contributed by atoms with van der Waals surface area (Å²) in [4.78, 5) is 11.2. The maximum absolute atomic E-state index is 11.2. The van der Waals surface area contributed by atoms with E-state index in [9.17, 15) is 4.79 Å². The lowest BCUT2D eigenvalue weighted by Gasteiger charge is -2.20. The average molecular weight is 284 g/mol. The van der Waals surface area contributed by atoms with Crippen LogP contribution in [-0.2, 0) is 11.2 Å². The van der Waals surface area contributed by atoms with E-state index in [0.29, 0.717) is 0 Å². The predicted molar refractivity (Wildman–Crippen MR) is 84.4 cm³/mol. The van der Waals surface area contributed by atoms with Crippen LogP contribution >= 0.6 is 0 Å². The van der Waals surface area contributed by atoms with E-state index in [-0.39, 0.29) is 18.4 Å². The number of carbonyl (C=O) groups is 1. The third-order valence-corrected chi connectivity index (χ3v) is 3.36. The molecular weight excluding hydrogens is 264 g/mol. The van der Waals surface area contributed by atoms with Crippen molar-refractivity contribution in [3.8, 4) is 5.75 Å². The number of anilines is 1. The van der Waals surface area contributed by atoms with Crippen LogP contribution in [0.3, 0.4) is 0 Å². The van der Waals surface area contributed by atoms with Gasteiger partial charge in [0.25, 0.3) is 0 Å². The summed E-state index contributed by atoms with van der Waals surface area (Å²) in [6.07, 6.45) is 0.224.